The van der Waals surface area contributed by atoms with E-state index >= 15 is 0 Å². The maximum Gasteiger partial charge on any atom is 0.303 e. The van der Waals surface area contributed by atoms with Crippen LogP contribution in [-0.2, 0) is 10.5 Å². The number of aliphatic carboxylic acids is 1. The van der Waals surface area contributed by atoms with Crippen molar-refractivity contribution in [1.82, 2.24) is 4.98 Å². The van der Waals surface area contributed by atoms with E-state index in [4.69, 9.17) is 5.11 Å². The van der Waals surface area contributed by atoms with Crippen LogP contribution in [0.4, 0.5) is 0 Å². The molecule has 0 radical (unpaired) electrons. The van der Waals surface area contributed by atoms with Crippen LogP contribution in [0.1, 0.15) is 24.8 Å². The number of thioether (sulfide) groups is 1. The number of fused-ring (bicyclic) bond motifs is 1. The molecule has 0 bridgehead atoms. The largest absolute Gasteiger partial charge is 0.481 e. The Labute approximate surface area is 122 Å². The highest BCUT2D eigenvalue weighted by Gasteiger charge is 2.43. The Hall–Kier alpha value is -1.55. The molecular formula is C16H17NO2S. The minimum atomic E-state index is -0.667. The van der Waals surface area contributed by atoms with E-state index in [1.54, 1.807) is 6.20 Å². The van der Waals surface area contributed by atoms with Gasteiger partial charge < -0.3 is 5.11 Å². The molecule has 0 atom stereocenters. The Morgan fingerprint density at radius 1 is 1.35 bits per heavy atom. The molecular weight excluding hydrogens is 270 g/mol. The lowest BCUT2D eigenvalue weighted by Crippen LogP contribution is -2.11. The molecule has 104 valence electrons. The molecule has 0 spiro atoms. The number of pyridine rings is 1. The Morgan fingerprint density at radius 3 is 2.95 bits per heavy atom. The summed E-state index contributed by atoms with van der Waals surface area (Å²) in [6, 6.07) is 10.4. The van der Waals surface area contributed by atoms with Gasteiger partial charge in [-0.2, -0.15) is 11.8 Å². The number of aromatic nitrogens is 1. The Morgan fingerprint density at radius 2 is 2.20 bits per heavy atom. The van der Waals surface area contributed by atoms with Crippen LogP contribution in [0, 0.1) is 5.41 Å². The first kappa shape index (κ1) is 13.4. The van der Waals surface area contributed by atoms with Gasteiger partial charge >= 0.3 is 5.97 Å². The molecule has 20 heavy (non-hydrogen) atoms. The van der Waals surface area contributed by atoms with Crippen LogP contribution >= 0.6 is 11.8 Å². The zero-order valence-electron chi connectivity index (χ0n) is 11.2. The fourth-order valence-electron chi connectivity index (χ4n) is 2.47. The molecule has 0 aliphatic heterocycles. The van der Waals surface area contributed by atoms with E-state index in [1.165, 1.54) is 5.56 Å². The van der Waals surface area contributed by atoms with Gasteiger partial charge in [-0.25, -0.2) is 0 Å². The lowest BCUT2D eigenvalue weighted by atomic mass is 10.1. The third kappa shape index (κ3) is 3.12. The summed E-state index contributed by atoms with van der Waals surface area (Å²) in [5, 5.41) is 10.1. The van der Waals surface area contributed by atoms with Crippen LogP contribution in [-0.4, -0.2) is 21.8 Å². The number of benzene rings is 1. The number of carboxylic acids is 1. The number of hydrogen-bond acceptors (Lipinski definition) is 3. The topological polar surface area (TPSA) is 50.2 Å². The number of carboxylic acid groups (broad SMARTS) is 1. The number of rotatable bonds is 6. The highest BCUT2D eigenvalue weighted by molar-refractivity contribution is 7.98. The predicted octanol–water partition coefficient (Wildman–Crippen LogP) is 3.72. The lowest BCUT2D eigenvalue weighted by Gasteiger charge is -2.11. The second-order valence-corrected chi connectivity index (χ2v) is 6.58. The molecule has 4 heteroatoms. The summed E-state index contributed by atoms with van der Waals surface area (Å²) in [4.78, 5) is 15.1. The summed E-state index contributed by atoms with van der Waals surface area (Å²) in [6.45, 7) is 0. The van der Waals surface area contributed by atoms with Crippen molar-refractivity contribution < 1.29 is 9.90 Å². The molecule has 0 amide bonds. The molecule has 1 aromatic carbocycles. The van der Waals surface area contributed by atoms with Crippen molar-refractivity contribution in [3.63, 3.8) is 0 Å². The van der Waals surface area contributed by atoms with Gasteiger partial charge in [0, 0.05) is 17.3 Å². The Bertz CT molecular complexity index is 637. The van der Waals surface area contributed by atoms with Gasteiger partial charge in [0.05, 0.1) is 11.9 Å². The summed E-state index contributed by atoms with van der Waals surface area (Å²) < 4.78 is 0. The van der Waals surface area contributed by atoms with Crippen LogP contribution < -0.4 is 0 Å². The van der Waals surface area contributed by atoms with Crippen molar-refractivity contribution in [3.05, 3.63) is 42.1 Å². The van der Waals surface area contributed by atoms with Gasteiger partial charge in [-0.1, -0.05) is 12.1 Å². The van der Waals surface area contributed by atoms with Crippen molar-refractivity contribution in [2.45, 2.75) is 25.0 Å². The van der Waals surface area contributed by atoms with Crippen molar-refractivity contribution in [3.8, 4) is 0 Å². The molecule has 3 rings (SSSR count). The van der Waals surface area contributed by atoms with E-state index in [-0.39, 0.29) is 5.41 Å². The van der Waals surface area contributed by atoms with Crippen molar-refractivity contribution in [2.75, 3.05) is 5.75 Å². The molecule has 1 N–H and O–H groups in total. The van der Waals surface area contributed by atoms with E-state index in [9.17, 15) is 4.79 Å². The summed E-state index contributed by atoms with van der Waals surface area (Å²) in [7, 11) is 0. The van der Waals surface area contributed by atoms with Crippen LogP contribution in [0.2, 0.25) is 0 Å². The number of carbonyl (C=O) groups is 1. The molecule has 1 aliphatic rings. The van der Waals surface area contributed by atoms with E-state index < -0.39 is 5.97 Å². The first-order chi connectivity index (χ1) is 9.67. The summed E-state index contributed by atoms with van der Waals surface area (Å²) >= 11 is 1.84. The Kier molecular flexibility index (Phi) is 3.66. The van der Waals surface area contributed by atoms with Crippen LogP contribution in [0.3, 0.4) is 0 Å². The molecule has 3 nitrogen and oxygen atoms in total. The van der Waals surface area contributed by atoms with Gasteiger partial charge in [0.25, 0.3) is 0 Å². The summed E-state index contributed by atoms with van der Waals surface area (Å²) in [6.07, 6.45) is 4.25. The fourth-order valence-corrected chi connectivity index (χ4v) is 3.81. The van der Waals surface area contributed by atoms with Gasteiger partial charge in [0.2, 0.25) is 0 Å². The zero-order valence-corrected chi connectivity index (χ0v) is 12.0. The first-order valence-corrected chi connectivity index (χ1v) is 7.96. The molecule has 0 saturated heterocycles. The maximum atomic E-state index is 10.8. The molecule has 2 aromatic rings. The average molecular weight is 287 g/mol. The van der Waals surface area contributed by atoms with Gasteiger partial charge in [-0.15, -0.1) is 0 Å². The minimum absolute atomic E-state index is 0.0783. The zero-order chi connectivity index (χ0) is 14.0. The maximum absolute atomic E-state index is 10.8. The highest BCUT2D eigenvalue weighted by atomic mass is 32.2. The molecule has 1 aliphatic carbocycles. The van der Waals surface area contributed by atoms with E-state index in [2.05, 4.69) is 29.2 Å². The first-order valence-electron chi connectivity index (χ1n) is 6.80. The van der Waals surface area contributed by atoms with Crippen molar-refractivity contribution >= 4 is 28.6 Å². The van der Waals surface area contributed by atoms with Gasteiger partial charge in [-0.3, -0.25) is 9.78 Å². The lowest BCUT2D eigenvalue weighted by molar-refractivity contribution is -0.138. The molecule has 0 unspecified atom stereocenters. The second kappa shape index (κ2) is 5.44. The van der Waals surface area contributed by atoms with Crippen molar-refractivity contribution in [2.24, 2.45) is 5.41 Å². The number of hydrogen-bond donors (Lipinski definition) is 1. The normalized spacial score (nSPS) is 16.2. The predicted molar refractivity (Wildman–Crippen MR) is 81.8 cm³/mol. The quantitative estimate of drug-likeness (QED) is 0.879. The smallest absolute Gasteiger partial charge is 0.303 e. The van der Waals surface area contributed by atoms with Gasteiger partial charge in [0.15, 0.2) is 0 Å². The third-order valence-electron chi connectivity index (χ3n) is 3.83. The van der Waals surface area contributed by atoms with E-state index in [1.807, 2.05) is 17.8 Å². The van der Waals surface area contributed by atoms with Crippen LogP contribution in [0.15, 0.2) is 36.5 Å². The summed E-state index contributed by atoms with van der Waals surface area (Å²) in [5.41, 5.74) is 2.38. The SMILES string of the molecule is O=C(O)CC1(CSCc2ccc3ncccc3c2)CC1. The van der Waals surface area contributed by atoms with Gasteiger partial charge in [0.1, 0.15) is 0 Å². The fraction of sp³-hybridized carbons (Fsp3) is 0.375. The second-order valence-electron chi connectivity index (χ2n) is 5.59. The summed E-state index contributed by atoms with van der Waals surface area (Å²) in [5.74, 6) is 1.22. The van der Waals surface area contributed by atoms with Gasteiger partial charge in [-0.05, 0) is 47.8 Å². The standard InChI is InChI=1S/C16H17NO2S/c18-15(19)9-16(5-6-16)11-20-10-12-3-4-14-13(8-12)2-1-7-17-14/h1-4,7-8H,5-6,9-11H2,(H,18,19). The van der Waals surface area contributed by atoms with Crippen LogP contribution in [0.25, 0.3) is 10.9 Å². The average Bonchev–Trinajstić information content (AvgIpc) is 3.17. The van der Waals surface area contributed by atoms with Crippen LogP contribution in [0.5, 0.6) is 0 Å². The van der Waals surface area contributed by atoms with Crippen molar-refractivity contribution in [1.29, 1.82) is 0 Å². The monoisotopic (exact) mass is 287 g/mol. The Balaban J connectivity index is 1.59. The molecule has 1 heterocycles. The molecule has 1 saturated carbocycles. The molecule has 1 aromatic heterocycles. The number of nitrogens with zero attached hydrogens (tertiary/aromatic N) is 1. The van der Waals surface area contributed by atoms with E-state index in [0.29, 0.717) is 6.42 Å². The highest BCUT2D eigenvalue weighted by Crippen LogP contribution is 2.51. The third-order valence-corrected chi connectivity index (χ3v) is 5.18. The van der Waals surface area contributed by atoms with E-state index in [0.717, 1.165) is 35.3 Å². The minimum Gasteiger partial charge on any atom is -0.481 e. The molecule has 1 fully saturated rings.